The Morgan fingerprint density at radius 1 is 1.02 bits per heavy atom. The van der Waals surface area contributed by atoms with Crippen LogP contribution in [0.1, 0.15) is 143 Å². The Kier molecular flexibility index (Phi) is 19.2. The Morgan fingerprint density at radius 2 is 1.72 bits per heavy atom. The lowest BCUT2D eigenvalue weighted by Gasteiger charge is -2.29. The summed E-state index contributed by atoms with van der Waals surface area (Å²) in [6.45, 7) is 22.6. The molecule has 2 fully saturated rings. The van der Waals surface area contributed by atoms with Crippen LogP contribution in [0.5, 0.6) is 0 Å². The number of aldehydes is 1. The maximum atomic E-state index is 11.1. The minimum atomic E-state index is 0.423. The normalized spacial score (nSPS) is 19.0. The van der Waals surface area contributed by atoms with Crippen molar-refractivity contribution in [3.8, 4) is 0 Å². The second-order valence-electron chi connectivity index (χ2n) is 12.4. The monoisotopic (exact) mass is 607 g/mol. The number of rotatable bonds is 11. The van der Waals surface area contributed by atoms with Crippen LogP contribution in [0.15, 0.2) is 58.8 Å². The minimum Gasteiger partial charge on any atom is -0.385 e. The molecule has 2 unspecified atom stereocenters. The van der Waals surface area contributed by atoms with Gasteiger partial charge in [0.2, 0.25) is 0 Å². The van der Waals surface area contributed by atoms with Gasteiger partial charge in [-0.05, 0) is 112 Å². The zero-order chi connectivity index (χ0) is 32.4. The first-order valence-corrected chi connectivity index (χ1v) is 17.4. The fourth-order valence-corrected chi connectivity index (χ4v) is 5.89. The first kappa shape index (κ1) is 38.7. The maximum Gasteiger partial charge on any atom is 0.133 e. The van der Waals surface area contributed by atoms with Crippen molar-refractivity contribution in [2.24, 2.45) is 11.8 Å². The molecule has 2 saturated carbocycles. The molecule has 43 heavy (non-hydrogen) atoms. The second kappa shape index (κ2) is 21.4. The molecule has 3 aliphatic rings. The quantitative estimate of drug-likeness (QED) is 0.118. The number of hydrogen-bond acceptors (Lipinski definition) is 4. The number of carbonyl (C=O) groups is 2. The van der Waals surface area contributed by atoms with Gasteiger partial charge in [-0.2, -0.15) is 0 Å². The Balaban J connectivity index is 0.000000381. The molecule has 0 amide bonds. The summed E-state index contributed by atoms with van der Waals surface area (Å²) in [5, 5.41) is 3.56. The van der Waals surface area contributed by atoms with Gasteiger partial charge < -0.3 is 10.1 Å². The topological polar surface area (TPSA) is 46.2 Å². The van der Waals surface area contributed by atoms with E-state index in [0.717, 1.165) is 63.5 Å². The molecule has 0 aromatic heterocycles. The van der Waals surface area contributed by atoms with Crippen LogP contribution in [0.2, 0.25) is 0 Å². The molecular formula is C39H61NO2S. The number of Topliss-reactive ketones (excluding diaryl/α,β-unsaturated/α-hetero) is 1. The number of hydrogen-bond donors (Lipinski definition) is 1. The van der Waals surface area contributed by atoms with Gasteiger partial charge in [0, 0.05) is 31.0 Å². The number of nitrogens with one attached hydrogen (secondary N) is 1. The lowest BCUT2D eigenvalue weighted by molar-refractivity contribution is -0.117. The lowest BCUT2D eigenvalue weighted by atomic mass is 9.78. The molecule has 0 saturated heterocycles. The highest BCUT2D eigenvalue weighted by atomic mass is 32.1. The summed E-state index contributed by atoms with van der Waals surface area (Å²) in [6.07, 6.45) is 14.1. The third kappa shape index (κ3) is 14.3. The van der Waals surface area contributed by atoms with E-state index in [1.807, 2.05) is 13.8 Å². The summed E-state index contributed by atoms with van der Waals surface area (Å²) >= 11 is 5.61. The third-order valence-corrected chi connectivity index (χ3v) is 9.06. The van der Waals surface area contributed by atoms with Gasteiger partial charge in [-0.15, -0.1) is 0 Å². The zero-order valence-corrected chi connectivity index (χ0v) is 29.6. The highest BCUT2D eigenvalue weighted by Crippen LogP contribution is 2.38. The van der Waals surface area contributed by atoms with Crippen molar-refractivity contribution in [3.05, 3.63) is 70.0 Å². The van der Waals surface area contributed by atoms with Gasteiger partial charge in [0.1, 0.15) is 12.1 Å². The first-order chi connectivity index (χ1) is 20.6. The van der Waals surface area contributed by atoms with Gasteiger partial charge in [-0.25, -0.2) is 0 Å². The molecule has 240 valence electrons. The van der Waals surface area contributed by atoms with Crippen LogP contribution in [0.25, 0.3) is 0 Å². The van der Waals surface area contributed by atoms with E-state index in [0.29, 0.717) is 23.5 Å². The average Bonchev–Trinajstić information content (AvgIpc) is 3.75. The largest absolute Gasteiger partial charge is 0.385 e. The van der Waals surface area contributed by atoms with Crippen molar-refractivity contribution in [1.29, 1.82) is 0 Å². The number of carbonyl (C=O) groups excluding carboxylic acids is 2. The molecule has 0 bridgehead atoms. The lowest BCUT2D eigenvalue weighted by Crippen LogP contribution is -2.22. The van der Waals surface area contributed by atoms with E-state index in [1.165, 1.54) is 70.4 Å². The molecule has 4 rings (SSSR count). The van der Waals surface area contributed by atoms with Gasteiger partial charge in [-0.3, -0.25) is 4.79 Å². The summed E-state index contributed by atoms with van der Waals surface area (Å²) in [5.41, 5.74) is 9.44. The zero-order valence-electron chi connectivity index (χ0n) is 28.7. The van der Waals surface area contributed by atoms with E-state index in [4.69, 9.17) is 12.2 Å². The second-order valence-corrected chi connectivity index (χ2v) is 12.9. The summed E-state index contributed by atoms with van der Waals surface area (Å²) < 4.78 is 0. The van der Waals surface area contributed by atoms with Crippen LogP contribution in [0, 0.1) is 18.8 Å². The Bertz CT molecular complexity index is 1100. The van der Waals surface area contributed by atoms with E-state index in [9.17, 15) is 9.59 Å². The van der Waals surface area contributed by atoms with E-state index in [1.54, 1.807) is 0 Å². The van der Waals surface area contributed by atoms with Gasteiger partial charge in [-0.1, -0.05) is 100 Å². The fourth-order valence-electron chi connectivity index (χ4n) is 5.69. The Labute approximate surface area is 270 Å². The van der Waals surface area contributed by atoms with Crippen LogP contribution in [0.4, 0.5) is 0 Å². The molecule has 0 aliphatic heterocycles. The third-order valence-electron chi connectivity index (χ3n) is 8.43. The summed E-state index contributed by atoms with van der Waals surface area (Å²) in [5.74, 6) is 1.94. The van der Waals surface area contributed by atoms with E-state index in [-0.39, 0.29) is 0 Å². The molecule has 3 aliphatic carbocycles. The Hall–Kier alpha value is -2.33. The smallest absolute Gasteiger partial charge is 0.133 e. The van der Waals surface area contributed by atoms with E-state index >= 15 is 0 Å². The fraction of sp³-hybridized carbons (Fsp3) is 0.615. The highest BCUT2D eigenvalue weighted by Gasteiger charge is 2.25. The van der Waals surface area contributed by atoms with Crippen molar-refractivity contribution in [2.75, 3.05) is 6.54 Å². The van der Waals surface area contributed by atoms with E-state index < -0.39 is 0 Å². The molecule has 4 heteroatoms. The van der Waals surface area contributed by atoms with Crippen LogP contribution >= 0.6 is 12.2 Å². The van der Waals surface area contributed by atoms with Gasteiger partial charge >= 0.3 is 0 Å². The summed E-state index contributed by atoms with van der Waals surface area (Å²) in [4.78, 5) is 21.9. The molecule has 0 radical (unpaired) electrons. The molecule has 3 nitrogen and oxygen atoms in total. The van der Waals surface area contributed by atoms with Gasteiger partial charge in [0.15, 0.2) is 0 Å². The summed E-state index contributed by atoms with van der Waals surface area (Å²) in [7, 11) is 0. The van der Waals surface area contributed by atoms with Gasteiger partial charge in [0.25, 0.3) is 0 Å². The van der Waals surface area contributed by atoms with Crippen LogP contribution in [-0.4, -0.2) is 23.5 Å². The molecule has 1 aromatic carbocycles. The van der Waals surface area contributed by atoms with Crippen LogP contribution in [0.3, 0.4) is 0 Å². The molecule has 2 atom stereocenters. The average molecular weight is 608 g/mol. The molecule has 1 aromatic rings. The predicted octanol–water partition coefficient (Wildman–Crippen LogP) is 11.0. The number of benzene rings is 1. The van der Waals surface area contributed by atoms with E-state index in [2.05, 4.69) is 77.7 Å². The van der Waals surface area contributed by atoms with Gasteiger partial charge in [0.05, 0.1) is 0 Å². The van der Waals surface area contributed by atoms with Crippen molar-refractivity contribution < 1.29 is 9.59 Å². The highest BCUT2D eigenvalue weighted by molar-refractivity contribution is 7.80. The molecule has 0 heterocycles. The van der Waals surface area contributed by atoms with Crippen LogP contribution in [-0.2, 0) is 9.59 Å². The first-order valence-electron chi connectivity index (χ1n) is 17.0. The molecular weight excluding hydrogens is 547 g/mol. The number of aryl methyl sites for hydroxylation is 1. The maximum absolute atomic E-state index is 11.1. The SMILES string of the molecule is C=C(NCCCCC)C(=C(C)C)C1=C(C)CCC(C(=S)CC)C1.CC.Cc1cccc(C2CCC(=O)C2)c1.O=CC1CC1. The van der Waals surface area contributed by atoms with Crippen molar-refractivity contribution in [3.63, 3.8) is 0 Å². The summed E-state index contributed by atoms with van der Waals surface area (Å²) in [6, 6.07) is 8.51. The predicted molar refractivity (Wildman–Crippen MR) is 191 cm³/mol. The van der Waals surface area contributed by atoms with Crippen molar-refractivity contribution in [1.82, 2.24) is 5.32 Å². The standard InChI is InChI=1S/C21H35NS.C12H14O.C4H6O.C2H6/c1-7-9-10-13-22-17(6)21(15(3)4)19-14-18(20(23)8-2)12-11-16(19)5;1-9-3-2-4-10(7-9)11-5-6-12(13)8-11;5-3-4-1-2-4;1-2/h18,22H,6-14H2,1-5H3;2-4,7,11H,5-6,8H2,1H3;3-4H,1-2H2;1-2H3. The Morgan fingerprint density at radius 3 is 2.21 bits per heavy atom. The molecule has 0 spiro atoms. The minimum absolute atomic E-state index is 0.423. The number of ketones is 1. The number of unbranched alkanes of at least 4 members (excludes halogenated alkanes) is 2. The number of allylic oxidation sites excluding steroid dienone is 3. The van der Waals surface area contributed by atoms with Crippen LogP contribution < -0.4 is 5.32 Å². The van der Waals surface area contributed by atoms with Crippen molar-refractivity contribution in [2.45, 2.75) is 138 Å². The van der Waals surface area contributed by atoms with Crippen molar-refractivity contribution >= 4 is 29.2 Å². The number of thiocarbonyl (C=S) groups is 1. The molecule has 1 N–H and O–H groups in total.